The molecular weight excluding hydrogens is 402 g/mol. The number of aromatic nitrogens is 1. The van der Waals surface area contributed by atoms with Crippen molar-refractivity contribution in [1.82, 2.24) is 14.8 Å². The first-order chi connectivity index (χ1) is 14.6. The van der Waals surface area contributed by atoms with Crippen LogP contribution in [0, 0.1) is 0 Å². The highest BCUT2D eigenvalue weighted by atomic mass is 35.5. The molecule has 2 aromatic carbocycles. The summed E-state index contributed by atoms with van der Waals surface area (Å²) in [5.41, 5.74) is 1.88. The quantitative estimate of drug-likeness (QED) is 0.599. The molecule has 4 rings (SSSR count). The van der Waals surface area contributed by atoms with Crippen molar-refractivity contribution < 1.29 is 13.9 Å². The van der Waals surface area contributed by atoms with Crippen molar-refractivity contribution in [3.8, 4) is 17.1 Å². The van der Waals surface area contributed by atoms with Gasteiger partial charge in [0.05, 0.1) is 26.3 Å². The van der Waals surface area contributed by atoms with Crippen molar-refractivity contribution in [3.63, 3.8) is 0 Å². The number of amides is 1. The van der Waals surface area contributed by atoms with Crippen LogP contribution >= 0.6 is 11.6 Å². The van der Waals surface area contributed by atoms with Gasteiger partial charge in [-0.15, -0.1) is 0 Å². The SMILES string of the molecule is COc1cccc(CC(=O)N2CCN(Cc3ncc(-c4cccc(Cl)c4)o3)CC2)c1. The minimum Gasteiger partial charge on any atom is -0.497 e. The molecule has 1 fully saturated rings. The standard InChI is InChI=1S/C23H24ClN3O3/c1-29-20-7-2-4-17(12-20)13-23(28)27-10-8-26(9-11-27)16-22-25-15-21(30-22)18-5-3-6-19(24)14-18/h2-7,12,14-15H,8-11,13,16H2,1H3. The zero-order chi connectivity index (χ0) is 20.9. The second kappa shape index (κ2) is 9.32. The number of nitrogens with zero attached hydrogens (tertiary/aromatic N) is 3. The van der Waals surface area contributed by atoms with E-state index >= 15 is 0 Å². The van der Waals surface area contributed by atoms with E-state index in [2.05, 4.69) is 9.88 Å². The van der Waals surface area contributed by atoms with Gasteiger partial charge in [0.15, 0.2) is 5.76 Å². The molecule has 0 unspecified atom stereocenters. The number of hydrogen-bond donors (Lipinski definition) is 0. The van der Waals surface area contributed by atoms with E-state index in [0.717, 1.165) is 30.0 Å². The number of hydrogen-bond acceptors (Lipinski definition) is 5. The summed E-state index contributed by atoms with van der Waals surface area (Å²) in [5.74, 6) is 2.29. The predicted molar refractivity (Wildman–Crippen MR) is 116 cm³/mol. The normalized spacial score (nSPS) is 14.7. The summed E-state index contributed by atoms with van der Waals surface area (Å²) in [4.78, 5) is 21.2. The maximum Gasteiger partial charge on any atom is 0.227 e. The molecule has 1 saturated heterocycles. The molecule has 0 atom stereocenters. The van der Waals surface area contributed by atoms with E-state index in [1.807, 2.05) is 53.4 Å². The first-order valence-electron chi connectivity index (χ1n) is 9.94. The molecule has 1 amide bonds. The molecule has 0 radical (unpaired) electrons. The summed E-state index contributed by atoms with van der Waals surface area (Å²) in [6.07, 6.45) is 2.12. The zero-order valence-corrected chi connectivity index (χ0v) is 17.6. The molecule has 30 heavy (non-hydrogen) atoms. The van der Waals surface area contributed by atoms with Gasteiger partial charge in [-0.2, -0.15) is 0 Å². The van der Waals surface area contributed by atoms with Crippen LogP contribution in [0.2, 0.25) is 5.02 Å². The number of methoxy groups -OCH3 is 1. The van der Waals surface area contributed by atoms with Gasteiger partial charge in [0.25, 0.3) is 0 Å². The third-order valence-corrected chi connectivity index (χ3v) is 5.47. The van der Waals surface area contributed by atoms with Gasteiger partial charge in [-0.3, -0.25) is 9.69 Å². The third-order valence-electron chi connectivity index (χ3n) is 5.24. The fourth-order valence-corrected chi connectivity index (χ4v) is 3.76. The summed E-state index contributed by atoms with van der Waals surface area (Å²) >= 11 is 6.05. The maximum atomic E-state index is 12.6. The molecule has 0 saturated carbocycles. The summed E-state index contributed by atoms with van der Waals surface area (Å²) in [5, 5.41) is 0.667. The molecule has 6 nitrogen and oxygen atoms in total. The predicted octanol–water partition coefficient (Wildman–Crippen LogP) is 3.89. The Labute approximate surface area is 181 Å². The number of carbonyl (C=O) groups is 1. The number of rotatable bonds is 6. The van der Waals surface area contributed by atoms with Gasteiger partial charge in [-0.1, -0.05) is 35.9 Å². The van der Waals surface area contributed by atoms with Crippen molar-refractivity contribution in [1.29, 1.82) is 0 Å². The lowest BCUT2D eigenvalue weighted by Crippen LogP contribution is -2.48. The lowest BCUT2D eigenvalue weighted by atomic mass is 10.1. The average molecular weight is 426 g/mol. The van der Waals surface area contributed by atoms with Crippen LogP contribution in [-0.2, 0) is 17.8 Å². The maximum absolute atomic E-state index is 12.6. The van der Waals surface area contributed by atoms with Gasteiger partial charge < -0.3 is 14.1 Å². The monoisotopic (exact) mass is 425 g/mol. The number of piperazine rings is 1. The third kappa shape index (κ3) is 5.01. The average Bonchev–Trinajstić information content (AvgIpc) is 3.23. The molecule has 7 heteroatoms. The Morgan fingerprint density at radius 1 is 1.13 bits per heavy atom. The molecule has 1 aliphatic rings. The second-order valence-electron chi connectivity index (χ2n) is 7.31. The summed E-state index contributed by atoms with van der Waals surface area (Å²) in [7, 11) is 1.63. The highest BCUT2D eigenvalue weighted by Gasteiger charge is 2.22. The van der Waals surface area contributed by atoms with Gasteiger partial charge in [-0.25, -0.2) is 4.98 Å². The molecule has 0 aliphatic carbocycles. The molecule has 156 valence electrons. The topological polar surface area (TPSA) is 58.8 Å². The molecule has 1 aliphatic heterocycles. The number of benzene rings is 2. The van der Waals surface area contributed by atoms with Crippen molar-refractivity contribution in [3.05, 3.63) is 71.2 Å². The van der Waals surface area contributed by atoms with Crippen LogP contribution in [0.15, 0.2) is 59.1 Å². The lowest BCUT2D eigenvalue weighted by Gasteiger charge is -2.34. The van der Waals surface area contributed by atoms with Gasteiger partial charge in [0.2, 0.25) is 11.8 Å². The van der Waals surface area contributed by atoms with Crippen molar-refractivity contribution in [2.45, 2.75) is 13.0 Å². The van der Waals surface area contributed by atoms with Gasteiger partial charge in [-0.05, 0) is 29.8 Å². The number of oxazole rings is 1. The molecule has 0 N–H and O–H groups in total. The van der Waals surface area contributed by atoms with E-state index < -0.39 is 0 Å². The van der Waals surface area contributed by atoms with Gasteiger partial charge in [0, 0.05) is 36.8 Å². The second-order valence-corrected chi connectivity index (χ2v) is 7.75. The Kier molecular flexibility index (Phi) is 6.35. The van der Waals surface area contributed by atoms with Crippen LogP contribution in [0.25, 0.3) is 11.3 Å². The van der Waals surface area contributed by atoms with Crippen molar-refractivity contribution >= 4 is 17.5 Å². The van der Waals surface area contributed by atoms with Crippen LogP contribution in [0.3, 0.4) is 0 Å². The number of ether oxygens (including phenoxy) is 1. The van der Waals surface area contributed by atoms with Crippen LogP contribution in [-0.4, -0.2) is 54.0 Å². The first-order valence-corrected chi connectivity index (χ1v) is 10.3. The molecule has 2 heterocycles. The molecular formula is C23H24ClN3O3. The lowest BCUT2D eigenvalue weighted by molar-refractivity contribution is -0.132. The van der Waals surface area contributed by atoms with Crippen LogP contribution in [0.5, 0.6) is 5.75 Å². The van der Waals surface area contributed by atoms with E-state index in [4.69, 9.17) is 20.8 Å². The van der Waals surface area contributed by atoms with Crippen molar-refractivity contribution in [2.75, 3.05) is 33.3 Å². The van der Waals surface area contributed by atoms with E-state index in [-0.39, 0.29) is 5.91 Å². The van der Waals surface area contributed by atoms with E-state index in [9.17, 15) is 4.79 Å². The number of halogens is 1. The Balaban J connectivity index is 1.29. The van der Waals surface area contributed by atoms with E-state index in [1.165, 1.54) is 0 Å². The summed E-state index contributed by atoms with van der Waals surface area (Å²) in [6.45, 7) is 3.60. The Morgan fingerprint density at radius 3 is 2.70 bits per heavy atom. The van der Waals surface area contributed by atoms with Crippen LogP contribution < -0.4 is 4.74 Å². The van der Waals surface area contributed by atoms with Crippen LogP contribution in [0.1, 0.15) is 11.5 Å². The summed E-state index contributed by atoms with van der Waals surface area (Å²) in [6, 6.07) is 15.2. The van der Waals surface area contributed by atoms with Gasteiger partial charge >= 0.3 is 0 Å². The van der Waals surface area contributed by atoms with Crippen LogP contribution in [0.4, 0.5) is 0 Å². The highest BCUT2D eigenvalue weighted by molar-refractivity contribution is 6.30. The fourth-order valence-electron chi connectivity index (χ4n) is 3.57. The number of carbonyl (C=O) groups excluding carboxylic acids is 1. The smallest absolute Gasteiger partial charge is 0.227 e. The van der Waals surface area contributed by atoms with E-state index in [0.29, 0.717) is 42.7 Å². The molecule has 0 bridgehead atoms. The Bertz CT molecular complexity index is 1010. The molecule has 3 aromatic rings. The van der Waals surface area contributed by atoms with Gasteiger partial charge in [0.1, 0.15) is 5.75 Å². The fraction of sp³-hybridized carbons (Fsp3) is 0.304. The minimum absolute atomic E-state index is 0.141. The first kappa shape index (κ1) is 20.4. The van der Waals surface area contributed by atoms with E-state index in [1.54, 1.807) is 13.3 Å². The largest absolute Gasteiger partial charge is 0.497 e. The minimum atomic E-state index is 0.141. The Morgan fingerprint density at radius 2 is 1.93 bits per heavy atom. The molecule has 0 spiro atoms. The zero-order valence-electron chi connectivity index (χ0n) is 16.9. The highest BCUT2D eigenvalue weighted by Crippen LogP contribution is 2.24. The van der Waals surface area contributed by atoms with Crippen molar-refractivity contribution in [2.24, 2.45) is 0 Å². The molecule has 1 aromatic heterocycles. The summed E-state index contributed by atoms with van der Waals surface area (Å²) < 4.78 is 11.1. The Hall–Kier alpha value is -2.83.